The van der Waals surface area contributed by atoms with Crippen LogP contribution in [0.25, 0.3) is 10.2 Å². The van der Waals surface area contributed by atoms with Crippen molar-refractivity contribution in [3.8, 4) is 0 Å². The van der Waals surface area contributed by atoms with Gasteiger partial charge in [0.2, 0.25) is 0 Å². The highest BCUT2D eigenvalue weighted by Crippen LogP contribution is 2.28. The number of hydrogen-bond acceptors (Lipinski definition) is 4. The third-order valence-electron chi connectivity index (χ3n) is 2.36. The van der Waals surface area contributed by atoms with Gasteiger partial charge in [-0.15, -0.1) is 0 Å². The Morgan fingerprint density at radius 1 is 1.53 bits per heavy atom. The molecular weight excluding hydrogens is 259 g/mol. The van der Waals surface area contributed by atoms with Crippen LogP contribution in [-0.2, 0) is 0 Å². The molecule has 0 unspecified atom stereocenters. The van der Waals surface area contributed by atoms with E-state index in [0.717, 1.165) is 11.3 Å². The predicted octanol–water partition coefficient (Wildman–Crippen LogP) is 3.52. The Hall–Kier alpha value is -1.36. The number of rotatable bonds is 2. The summed E-state index contributed by atoms with van der Waals surface area (Å²) in [6.07, 6.45) is 0. The second-order valence-electron chi connectivity index (χ2n) is 3.81. The predicted molar refractivity (Wildman–Crippen MR) is 71.1 cm³/mol. The van der Waals surface area contributed by atoms with E-state index in [0.29, 0.717) is 10.2 Å². The highest BCUT2D eigenvalue weighted by molar-refractivity contribution is 7.78. The largest absolute Gasteiger partial charge is 0.308 e. The first-order chi connectivity index (χ1) is 8.04. The molecule has 0 bridgehead atoms. The molecule has 1 aromatic heterocycles. The van der Waals surface area contributed by atoms with E-state index >= 15 is 0 Å². The van der Waals surface area contributed by atoms with Gasteiger partial charge in [0.25, 0.3) is 0 Å². The van der Waals surface area contributed by atoms with Gasteiger partial charge in [-0.3, -0.25) is 9.36 Å². The number of aliphatic imine (C=N–C) groups is 1. The molecule has 0 aliphatic heterocycles. The molecule has 0 amide bonds. The average Bonchev–Trinajstić information content (AvgIpc) is 2.54. The molecule has 0 fully saturated rings. The van der Waals surface area contributed by atoms with Crippen LogP contribution in [0.5, 0.6) is 0 Å². The third kappa shape index (κ3) is 2.07. The van der Waals surface area contributed by atoms with Crippen molar-refractivity contribution in [3.63, 3.8) is 0 Å². The zero-order valence-corrected chi connectivity index (χ0v) is 10.9. The Morgan fingerprint density at radius 2 is 2.24 bits per heavy atom. The molecule has 6 heteroatoms. The molecule has 17 heavy (non-hydrogen) atoms. The van der Waals surface area contributed by atoms with Gasteiger partial charge in [0.1, 0.15) is 5.69 Å². The van der Waals surface area contributed by atoms with E-state index in [-0.39, 0.29) is 16.6 Å². The minimum absolute atomic E-state index is 0.0195. The third-order valence-corrected chi connectivity index (χ3v) is 3.37. The molecule has 1 heterocycles. The summed E-state index contributed by atoms with van der Waals surface area (Å²) < 4.78 is 15.8. The Kier molecular flexibility index (Phi) is 3.19. The SMILES string of the molecule is CC(C)n1c(=O)sc2cc(F)c(N=C=S)cc21. The maximum absolute atomic E-state index is 13.6. The van der Waals surface area contributed by atoms with E-state index in [1.54, 1.807) is 4.57 Å². The van der Waals surface area contributed by atoms with Crippen LogP contribution in [-0.4, -0.2) is 9.73 Å². The highest BCUT2D eigenvalue weighted by Gasteiger charge is 2.13. The zero-order valence-electron chi connectivity index (χ0n) is 9.23. The standard InChI is InChI=1S/C11H9FN2OS2/c1-6(2)14-9-4-8(13-5-16)7(12)3-10(9)17-11(14)15/h3-4,6H,1-2H3. The van der Waals surface area contributed by atoms with Crippen LogP contribution >= 0.6 is 23.6 Å². The van der Waals surface area contributed by atoms with Crippen molar-refractivity contribution < 1.29 is 4.39 Å². The molecule has 3 nitrogen and oxygen atoms in total. The molecule has 0 atom stereocenters. The smallest absolute Gasteiger partial charge is 0.296 e. The summed E-state index contributed by atoms with van der Waals surface area (Å²) in [6, 6.07) is 2.86. The Labute approximate surface area is 106 Å². The first kappa shape index (κ1) is 12.1. The van der Waals surface area contributed by atoms with E-state index in [9.17, 15) is 9.18 Å². The lowest BCUT2D eigenvalue weighted by Crippen LogP contribution is -2.14. The van der Waals surface area contributed by atoms with E-state index in [2.05, 4.69) is 22.4 Å². The van der Waals surface area contributed by atoms with E-state index < -0.39 is 5.82 Å². The second kappa shape index (κ2) is 4.49. The number of hydrogen-bond donors (Lipinski definition) is 0. The van der Waals surface area contributed by atoms with Gasteiger partial charge in [0.15, 0.2) is 5.82 Å². The lowest BCUT2D eigenvalue weighted by Gasteiger charge is -2.07. The Bertz CT molecular complexity index is 681. The van der Waals surface area contributed by atoms with Crippen LogP contribution in [0.3, 0.4) is 0 Å². The first-order valence-electron chi connectivity index (χ1n) is 4.97. The molecule has 1 aromatic carbocycles. The molecule has 2 rings (SSSR count). The molecule has 0 aliphatic carbocycles. The number of halogens is 1. The van der Waals surface area contributed by atoms with Gasteiger partial charge in [-0.1, -0.05) is 11.3 Å². The highest BCUT2D eigenvalue weighted by atomic mass is 32.1. The van der Waals surface area contributed by atoms with Crippen LogP contribution in [0.2, 0.25) is 0 Å². The van der Waals surface area contributed by atoms with Crippen molar-refractivity contribution in [1.29, 1.82) is 0 Å². The summed E-state index contributed by atoms with van der Waals surface area (Å²) in [6.45, 7) is 3.80. The molecular formula is C11H9FN2OS2. The van der Waals surface area contributed by atoms with E-state index in [1.165, 1.54) is 12.1 Å². The number of fused-ring (bicyclic) bond motifs is 1. The number of isothiocyanates is 1. The van der Waals surface area contributed by atoms with Crippen molar-refractivity contribution in [2.24, 2.45) is 4.99 Å². The van der Waals surface area contributed by atoms with Crippen LogP contribution in [0.1, 0.15) is 19.9 Å². The minimum atomic E-state index is -0.494. The molecule has 0 radical (unpaired) electrons. The topological polar surface area (TPSA) is 34.4 Å². The fourth-order valence-corrected chi connectivity index (χ4v) is 2.79. The molecule has 0 saturated carbocycles. The Balaban J connectivity index is 2.86. The number of thiazole rings is 1. The molecule has 0 N–H and O–H groups in total. The molecule has 0 saturated heterocycles. The molecule has 0 aliphatic rings. The van der Waals surface area contributed by atoms with Gasteiger partial charge in [-0.2, -0.15) is 4.99 Å². The number of aromatic nitrogens is 1. The quantitative estimate of drug-likeness (QED) is 0.617. The van der Waals surface area contributed by atoms with Gasteiger partial charge in [-0.25, -0.2) is 4.39 Å². The van der Waals surface area contributed by atoms with Gasteiger partial charge in [0.05, 0.1) is 15.4 Å². The van der Waals surface area contributed by atoms with E-state index in [1.807, 2.05) is 13.8 Å². The van der Waals surface area contributed by atoms with Crippen molar-refractivity contribution in [1.82, 2.24) is 4.57 Å². The summed E-state index contributed by atoms with van der Waals surface area (Å²) in [5.74, 6) is -0.494. The molecule has 88 valence electrons. The summed E-state index contributed by atoms with van der Waals surface area (Å²) in [4.78, 5) is 15.3. The van der Waals surface area contributed by atoms with Gasteiger partial charge in [0, 0.05) is 6.04 Å². The van der Waals surface area contributed by atoms with E-state index in [4.69, 9.17) is 0 Å². The summed E-state index contributed by atoms with van der Waals surface area (Å²) in [5, 5.41) is 2.13. The first-order valence-corrected chi connectivity index (χ1v) is 6.19. The van der Waals surface area contributed by atoms with Crippen LogP contribution in [0.4, 0.5) is 10.1 Å². The number of benzene rings is 1. The minimum Gasteiger partial charge on any atom is -0.296 e. The second-order valence-corrected chi connectivity index (χ2v) is 4.98. The molecule has 0 spiro atoms. The van der Waals surface area contributed by atoms with Crippen LogP contribution < -0.4 is 4.87 Å². The fraction of sp³-hybridized carbons (Fsp3) is 0.273. The van der Waals surface area contributed by atoms with Crippen LogP contribution in [0, 0.1) is 5.82 Å². The van der Waals surface area contributed by atoms with Gasteiger partial charge >= 0.3 is 4.87 Å². The fourth-order valence-electron chi connectivity index (χ4n) is 1.67. The molecule has 2 aromatic rings. The number of thiocarbonyl (C=S) groups is 1. The monoisotopic (exact) mass is 268 g/mol. The summed E-state index contributed by atoms with van der Waals surface area (Å²) >= 11 is 5.48. The zero-order chi connectivity index (χ0) is 12.6. The summed E-state index contributed by atoms with van der Waals surface area (Å²) in [7, 11) is 0. The Morgan fingerprint density at radius 3 is 2.82 bits per heavy atom. The maximum atomic E-state index is 13.6. The normalized spacial score (nSPS) is 10.8. The summed E-state index contributed by atoms with van der Waals surface area (Å²) in [5.41, 5.74) is 0.792. The lowest BCUT2D eigenvalue weighted by atomic mass is 10.2. The van der Waals surface area contributed by atoms with Crippen molar-refractivity contribution in [2.45, 2.75) is 19.9 Å². The lowest BCUT2D eigenvalue weighted by molar-refractivity contribution is 0.609. The van der Waals surface area contributed by atoms with Crippen LogP contribution in [0.15, 0.2) is 21.9 Å². The van der Waals surface area contributed by atoms with Crippen molar-refractivity contribution in [2.75, 3.05) is 0 Å². The van der Waals surface area contributed by atoms with Gasteiger partial charge in [-0.05, 0) is 38.2 Å². The maximum Gasteiger partial charge on any atom is 0.308 e. The van der Waals surface area contributed by atoms with Gasteiger partial charge < -0.3 is 0 Å². The van der Waals surface area contributed by atoms with Crippen molar-refractivity contribution >= 4 is 44.6 Å². The van der Waals surface area contributed by atoms with Crippen molar-refractivity contribution in [3.05, 3.63) is 27.6 Å². The number of nitrogens with zero attached hydrogens (tertiary/aromatic N) is 2. The average molecular weight is 268 g/mol.